The third kappa shape index (κ3) is 2.91. The number of nitrogens with one attached hydrogen (secondary N) is 1. The molecule has 0 radical (unpaired) electrons. The van der Waals surface area contributed by atoms with Crippen LogP contribution in [0.2, 0.25) is 0 Å². The Balaban J connectivity index is 1.83. The fourth-order valence-corrected chi connectivity index (χ4v) is 2.23. The average Bonchev–Trinajstić information content (AvgIpc) is 2.53. The number of aromatic amines is 1. The van der Waals surface area contributed by atoms with Gasteiger partial charge in [0, 0.05) is 12.6 Å². The molecule has 0 amide bonds. The van der Waals surface area contributed by atoms with Gasteiger partial charge in [0.1, 0.15) is 11.6 Å². The number of H-pyrrole nitrogens is 1. The highest BCUT2D eigenvalue weighted by atomic mass is 16.5. The van der Waals surface area contributed by atoms with Gasteiger partial charge in [0.15, 0.2) is 5.65 Å². The lowest BCUT2D eigenvalue weighted by Crippen LogP contribution is -2.13. The predicted molar refractivity (Wildman–Crippen MR) is 80.6 cm³/mol. The van der Waals surface area contributed by atoms with E-state index in [1.807, 2.05) is 24.3 Å². The molecule has 106 valence electrons. The normalized spacial score (nSPS) is 10.7. The summed E-state index contributed by atoms with van der Waals surface area (Å²) in [6, 6.07) is 11.3. The van der Waals surface area contributed by atoms with Crippen molar-refractivity contribution < 1.29 is 4.74 Å². The summed E-state index contributed by atoms with van der Waals surface area (Å²) in [5.74, 6) is 1.48. The maximum atomic E-state index is 12.0. The second-order valence-electron chi connectivity index (χ2n) is 4.74. The number of rotatable bonds is 4. The number of nitrogens with zero attached hydrogens (tertiary/aromatic N) is 2. The Hall–Kier alpha value is -2.69. The van der Waals surface area contributed by atoms with E-state index in [4.69, 9.17) is 4.74 Å². The summed E-state index contributed by atoms with van der Waals surface area (Å²) in [7, 11) is 1.65. The zero-order valence-corrected chi connectivity index (χ0v) is 11.7. The van der Waals surface area contributed by atoms with Gasteiger partial charge in [-0.2, -0.15) is 0 Å². The molecule has 0 bridgehead atoms. The van der Waals surface area contributed by atoms with Crippen LogP contribution in [0.4, 0.5) is 0 Å². The van der Waals surface area contributed by atoms with Crippen LogP contribution in [0.3, 0.4) is 0 Å². The maximum Gasteiger partial charge on any atom is 0.260 e. The Morgan fingerprint density at radius 2 is 2.10 bits per heavy atom. The Morgan fingerprint density at radius 1 is 1.19 bits per heavy atom. The van der Waals surface area contributed by atoms with Crippen LogP contribution >= 0.6 is 0 Å². The van der Waals surface area contributed by atoms with Gasteiger partial charge < -0.3 is 9.72 Å². The van der Waals surface area contributed by atoms with Gasteiger partial charge in [-0.1, -0.05) is 12.1 Å². The van der Waals surface area contributed by atoms with Crippen molar-refractivity contribution in [3.8, 4) is 5.75 Å². The quantitative estimate of drug-likeness (QED) is 0.795. The monoisotopic (exact) mass is 281 g/mol. The molecule has 0 aliphatic carbocycles. The van der Waals surface area contributed by atoms with Crippen molar-refractivity contribution in [3.63, 3.8) is 0 Å². The number of ether oxygens (including phenoxy) is 1. The summed E-state index contributed by atoms with van der Waals surface area (Å²) in [5, 5.41) is 0.516. The number of aryl methyl sites for hydroxylation is 2. The molecule has 0 aliphatic heterocycles. The minimum atomic E-state index is -0.145. The fourth-order valence-electron chi connectivity index (χ4n) is 2.23. The van der Waals surface area contributed by atoms with Crippen molar-refractivity contribution in [2.75, 3.05) is 7.11 Å². The molecular weight excluding hydrogens is 266 g/mol. The lowest BCUT2D eigenvalue weighted by atomic mass is 10.1. The lowest BCUT2D eigenvalue weighted by molar-refractivity contribution is 0.414. The van der Waals surface area contributed by atoms with Crippen LogP contribution in [0.15, 0.2) is 47.4 Å². The molecule has 21 heavy (non-hydrogen) atoms. The van der Waals surface area contributed by atoms with Gasteiger partial charge in [0.05, 0.1) is 12.5 Å². The molecule has 3 rings (SSSR count). The summed E-state index contributed by atoms with van der Waals surface area (Å²) in [6.45, 7) is 0. The van der Waals surface area contributed by atoms with Gasteiger partial charge in [-0.25, -0.2) is 9.97 Å². The van der Waals surface area contributed by atoms with Gasteiger partial charge >= 0.3 is 0 Å². The molecular formula is C16H15N3O2. The van der Waals surface area contributed by atoms with Gasteiger partial charge in [-0.05, 0) is 36.2 Å². The highest BCUT2D eigenvalue weighted by Gasteiger charge is 2.05. The van der Waals surface area contributed by atoms with E-state index in [1.165, 1.54) is 0 Å². The van der Waals surface area contributed by atoms with Gasteiger partial charge in [0.25, 0.3) is 5.56 Å². The SMILES string of the molecule is COc1cccc(CCc2nc3ncccc3c(=O)[nH]2)c1. The molecule has 3 aromatic rings. The predicted octanol–water partition coefficient (Wildman–Crippen LogP) is 2.11. The largest absolute Gasteiger partial charge is 0.497 e. The van der Waals surface area contributed by atoms with Crippen molar-refractivity contribution in [2.45, 2.75) is 12.8 Å². The van der Waals surface area contributed by atoms with Crippen LogP contribution in [-0.2, 0) is 12.8 Å². The topological polar surface area (TPSA) is 67.9 Å². The highest BCUT2D eigenvalue weighted by Crippen LogP contribution is 2.14. The summed E-state index contributed by atoms with van der Waals surface area (Å²) in [4.78, 5) is 23.3. The van der Waals surface area contributed by atoms with E-state index in [2.05, 4.69) is 15.0 Å². The number of hydrogen-bond donors (Lipinski definition) is 1. The molecule has 1 aromatic carbocycles. The van der Waals surface area contributed by atoms with Gasteiger partial charge in [-0.3, -0.25) is 4.79 Å². The standard InChI is InChI=1S/C16H15N3O2/c1-21-12-5-2-4-11(10-12)7-8-14-18-15-13(16(20)19-14)6-3-9-17-15/h2-6,9-10H,7-8H2,1H3,(H,17,18,19,20). The van der Waals surface area contributed by atoms with E-state index in [9.17, 15) is 4.79 Å². The second kappa shape index (κ2) is 5.75. The molecule has 1 N–H and O–H groups in total. The Labute approximate surface area is 121 Å². The summed E-state index contributed by atoms with van der Waals surface area (Å²) < 4.78 is 5.20. The van der Waals surface area contributed by atoms with E-state index in [1.54, 1.807) is 25.4 Å². The van der Waals surface area contributed by atoms with E-state index in [0.717, 1.165) is 17.7 Å². The van der Waals surface area contributed by atoms with Crippen molar-refractivity contribution in [1.29, 1.82) is 0 Å². The van der Waals surface area contributed by atoms with Crippen molar-refractivity contribution in [1.82, 2.24) is 15.0 Å². The molecule has 0 saturated carbocycles. The lowest BCUT2D eigenvalue weighted by Gasteiger charge is -2.05. The van der Waals surface area contributed by atoms with E-state index < -0.39 is 0 Å². The van der Waals surface area contributed by atoms with Crippen molar-refractivity contribution in [3.05, 3.63) is 64.3 Å². The minimum Gasteiger partial charge on any atom is -0.497 e. The Morgan fingerprint density at radius 3 is 2.95 bits per heavy atom. The van der Waals surface area contributed by atoms with Crippen LogP contribution in [0.1, 0.15) is 11.4 Å². The maximum absolute atomic E-state index is 12.0. The summed E-state index contributed by atoms with van der Waals surface area (Å²) in [6.07, 6.45) is 3.06. The molecule has 0 fully saturated rings. The Kier molecular flexibility index (Phi) is 3.64. The number of methoxy groups -OCH3 is 1. The number of benzene rings is 1. The van der Waals surface area contributed by atoms with Crippen LogP contribution in [0.25, 0.3) is 11.0 Å². The van der Waals surface area contributed by atoms with Crippen LogP contribution in [0, 0.1) is 0 Å². The smallest absolute Gasteiger partial charge is 0.260 e. The first-order valence-corrected chi connectivity index (χ1v) is 6.73. The average molecular weight is 281 g/mol. The third-order valence-electron chi connectivity index (χ3n) is 3.31. The number of aromatic nitrogens is 3. The molecule has 0 unspecified atom stereocenters. The van der Waals surface area contributed by atoms with Crippen LogP contribution in [0.5, 0.6) is 5.75 Å². The molecule has 2 heterocycles. The summed E-state index contributed by atoms with van der Waals surface area (Å²) >= 11 is 0. The van der Waals surface area contributed by atoms with E-state index in [0.29, 0.717) is 23.3 Å². The molecule has 0 spiro atoms. The summed E-state index contributed by atoms with van der Waals surface area (Å²) in [5.41, 5.74) is 1.48. The Bertz CT molecular complexity index is 827. The number of hydrogen-bond acceptors (Lipinski definition) is 4. The minimum absolute atomic E-state index is 0.145. The number of pyridine rings is 1. The van der Waals surface area contributed by atoms with Crippen molar-refractivity contribution >= 4 is 11.0 Å². The van der Waals surface area contributed by atoms with Crippen LogP contribution in [-0.4, -0.2) is 22.1 Å². The van der Waals surface area contributed by atoms with Gasteiger partial charge in [-0.15, -0.1) is 0 Å². The first-order valence-electron chi connectivity index (χ1n) is 6.73. The zero-order chi connectivity index (χ0) is 14.7. The molecule has 2 aromatic heterocycles. The molecule has 0 atom stereocenters. The molecule has 5 heteroatoms. The number of fused-ring (bicyclic) bond motifs is 1. The first kappa shape index (κ1) is 13.3. The van der Waals surface area contributed by atoms with Crippen LogP contribution < -0.4 is 10.3 Å². The van der Waals surface area contributed by atoms with E-state index in [-0.39, 0.29) is 5.56 Å². The van der Waals surface area contributed by atoms with E-state index >= 15 is 0 Å². The van der Waals surface area contributed by atoms with Gasteiger partial charge in [0.2, 0.25) is 0 Å². The second-order valence-corrected chi connectivity index (χ2v) is 4.74. The van der Waals surface area contributed by atoms with Crippen molar-refractivity contribution in [2.24, 2.45) is 0 Å². The third-order valence-corrected chi connectivity index (χ3v) is 3.31. The molecule has 0 aliphatic rings. The fraction of sp³-hybridized carbons (Fsp3) is 0.188. The first-order chi connectivity index (χ1) is 10.3. The zero-order valence-electron chi connectivity index (χ0n) is 11.7. The molecule has 0 saturated heterocycles. The highest BCUT2D eigenvalue weighted by molar-refractivity contribution is 5.72. The molecule has 5 nitrogen and oxygen atoms in total.